The summed E-state index contributed by atoms with van der Waals surface area (Å²) >= 11 is 0. The van der Waals surface area contributed by atoms with E-state index in [9.17, 15) is 0 Å². The van der Waals surface area contributed by atoms with E-state index in [2.05, 4.69) is 50.0 Å². The van der Waals surface area contributed by atoms with Crippen molar-refractivity contribution in [2.45, 2.75) is 45.6 Å². The fourth-order valence-corrected chi connectivity index (χ4v) is 1.36. The van der Waals surface area contributed by atoms with Crippen molar-refractivity contribution in [2.75, 3.05) is 7.05 Å². The molecule has 0 radical (unpaired) electrons. The van der Waals surface area contributed by atoms with Crippen LogP contribution in [0.4, 0.5) is 0 Å². The maximum Gasteiger partial charge on any atom is 0.156 e. The van der Waals surface area contributed by atoms with Gasteiger partial charge in [0.2, 0.25) is 0 Å². The largest absolute Gasteiger partial charge is 0.308 e. The smallest absolute Gasteiger partial charge is 0.156 e. The fourth-order valence-electron chi connectivity index (χ4n) is 1.36. The Bertz CT molecular complexity index is 344. The van der Waals surface area contributed by atoms with Crippen LogP contribution in [0.15, 0.2) is 0 Å². The summed E-state index contributed by atoms with van der Waals surface area (Å²) in [7, 11) is 3.88. The zero-order valence-corrected chi connectivity index (χ0v) is 10.8. The molecule has 0 fully saturated rings. The van der Waals surface area contributed by atoms with Crippen LogP contribution >= 0.6 is 0 Å². The summed E-state index contributed by atoms with van der Waals surface area (Å²) in [4.78, 5) is 4.61. The second-order valence-corrected chi connectivity index (χ2v) is 5.51. The predicted octanol–water partition coefficient (Wildman–Crippen LogP) is 1.57. The van der Waals surface area contributed by atoms with Crippen LogP contribution < -0.4 is 5.32 Å². The molecule has 86 valence electrons. The molecule has 15 heavy (non-hydrogen) atoms. The zero-order chi connectivity index (χ0) is 11.9. The van der Waals surface area contributed by atoms with Crippen molar-refractivity contribution in [3.05, 3.63) is 11.6 Å². The lowest BCUT2D eigenvalue weighted by Crippen LogP contribution is -2.36. The minimum Gasteiger partial charge on any atom is -0.308 e. The van der Waals surface area contributed by atoms with Gasteiger partial charge in [0.1, 0.15) is 5.82 Å². The van der Waals surface area contributed by atoms with E-state index in [0.29, 0.717) is 0 Å². The molecule has 0 spiro atoms. The quantitative estimate of drug-likeness (QED) is 0.805. The maximum absolute atomic E-state index is 4.61. The lowest BCUT2D eigenvalue weighted by atomic mass is 9.96. The molecule has 0 aromatic carbocycles. The third-order valence-corrected chi connectivity index (χ3v) is 2.62. The fraction of sp³-hybridized carbons (Fsp3) is 0.818. The first-order valence-electron chi connectivity index (χ1n) is 5.29. The third kappa shape index (κ3) is 2.37. The van der Waals surface area contributed by atoms with Gasteiger partial charge in [-0.25, -0.2) is 4.98 Å². The molecule has 1 aromatic rings. The van der Waals surface area contributed by atoms with E-state index in [1.54, 1.807) is 0 Å². The van der Waals surface area contributed by atoms with E-state index in [1.807, 2.05) is 18.8 Å². The van der Waals surface area contributed by atoms with Gasteiger partial charge in [-0.1, -0.05) is 20.8 Å². The molecule has 0 saturated carbocycles. The van der Waals surface area contributed by atoms with Crippen molar-refractivity contribution in [2.24, 2.45) is 7.05 Å². The van der Waals surface area contributed by atoms with E-state index in [0.717, 1.165) is 11.6 Å². The Balaban J connectivity index is 3.18. The Morgan fingerprint density at radius 1 is 1.13 bits per heavy atom. The molecule has 0 aliphatic rings. The highest BCUT2D eigenvalue weighted by molar-refractivity contribution is 5.09. The monoisotopic (exact) mass is 210 g/mol. The van der Waals surface area contributed by atoms with Crippen LogP contribution in [-0.2, 0) is 18.0 Å². The highest BCUT2D eigenvalue weighted by atomic mass is 15.4. The van der Waals surface area contributed by atoms with Crippen LogP contribution in [0.2, 0.25) is 0 Å². The van der Waals surface area contributed by atoms with Gasteiger partial charge in [0.15, 0.2) is 5.82 Å². The van der Waals surface area contributed by atoms with Gasteiger partial charge in [-0.2, -0.15) is 5.10 Å². The second kappa shape index (κ2) is 3.59. The van der Waals surface area contributed by atoms with Crippen LogP contribution in [0.1, 0.15) is 46.3 Å². The molecule has 0 atom stereocenters. The molecule has 0 aliphatic heterocycles. The number of hydrogen-bond donors (Lipinski definition) is 1. The minimum absolute atomic E-state index is 0.000167. The van der Waals surface area contributed by atoms with Gasteiger partial charge in [-0.05, 0) is 20.9 Å². The molecular formula is C11H22N4. The lowest BCUT2D eigenvalue weighted by molar-refractivity contribution is 0.397. The van der Waals surface area contributed by atoms with Crippen LogP contribution in [0, 0.1) is 0 Å². The molecule has 1 heterocycles. The Morgan fingerprint density at radius 2 is 1.67 bits per heavy atom. The SMILES string of the molecule is CNC(C)(C)c1nc(C(C)(C)C)nn1C. The maximum atomic E-state index is 4.61. The first-order chi connectivity index (χ1) is 6.68. The summed E-state index contributed by atoms with van der Waals surface area (Å²) in [5.41, 5.74) is -0.148. The Hall–Kier alpha value is -0.900. The van der Waals surface area contributed by atoms with Crippen LogP contribution in [-0.4, -0.2) is 21.8 Å². The van der Waals surface area contributed by atoms with Gasteiger partial charge in [0.25, 0.3) is 0 Å². The first-order valence-corrected chi connectivity index (χ1v) is 5.29. The van der Waals surface area contributed by atoms with Gasteiger partial charge >= 0.3 is 0 Å². The van der Waals surface area contributed by atoms with Gasteiger partial charge in [-0.3, -0.25) is 4.68 Å². The number of aromatic nitrogens is 3. The third-order valence-electron chi connectivity index (χ3n) is 2.62. The summed E-state index contributed by atoms with van der Waals surface area (Å²) < 4.78 is 1.86. The summed E-state index contributed by atoms with van der Waals surface area (Å²) in [6.45, 7) is 10.6. The molecule has 0 aliphatic carbocycles. The van der Waals surface area contributed by atoms with Gasteiger partial charge in [0.05, 0.1) is 5.54 Å². The van der Waals surface area contributed by atoms with Crippen molar-refractivity contribution >= 4 is 0 Å². The number of aryl methyl sites for hydroxylation is 1. The highest BCUT2D eigenvalue weighted by Gasteiger charge is 2.28. The average Bonchev–Trinajstić information content (AvgIpc) is 2.47. The minimum atomic E-state index is -0.148. The van der Waals surface area contributed by atoms with E-state index in [4.69, 9.17) is 0 Å². The standard InChI is InChI=1S/C11H22N4/c1-10(2,3)8-13-9(15(7)14-8)11(4,5)12-6/h12H,1-7H3. The molecule has 1 N–H and O–H groups in total. The molecule has 0 amide bonds. The molecule has 0 bridgehead atoms. The lowest BCUT2D eigenvalue weighted by Gasteiger charge is -2.22. The van der Waals surface area contributed by atoms with Crippen molar-refractivity contribution in [1.29, 1.82) is 0 Å². The molecular weight excluding hydrogens is 188 g/mol. The Labute approximate surface area is 92.1 Å². The van der Waals surface area contributed by atoms with E-state index in [1.165, 1.54) is 0 Å². The zero-order valence-electron chi connectivity index (χ0n) is 10.8. The molecule has 0 unspecified atom stereocenters. The van der Waals surface area contributed by atoms with Gasteiger partial charge in [-0.15, -0.1) is 0 Å². The van der Waals surface area contributed by atoms with Crippen molar-refractivity contribution in [3.63, 3.8) is 0 Å². The number of nitrogens with zero attached hydrogens (tertiary/aromatic N) is 3. The van der Waals surface area contributed by atoms with Crippen LogP contribution in [0.3, 0.4) is 0 Å². The van der Waals surface area contributed by atoms with E-state index in [-0.39, 0.29) is 11.0 Å². The molecule has 0 saturated heterocycles. The van der Waals surface area contributed by atoms with Crippen molar-refractivity contribution < 1.29 is 0 Å². The van der Waals surface area contributed by atoms with Gasteiger partial charge in [0, 0.05) is 12.5 Å². The Kier molecular flexibility index (Phi) is 2.92. The Morgan fingerprint density at radius 3 is 2.00 bits per heavy atom. The summed E-state index contributed by atoms with van der Waals surface area (Å²) in [6, 6.07) is 0. The number of nitrogens with one attached hydrogen (secondary N) is 1. The average molecular weight is 210 g/mol. The summed E-state index contributed by atoms with van der Waals surface area (Å²) in [5.74, 6) is 1.86. The summed E-state index contributed by atoms with van der Waals surface area (Å²) in [6.07, 6.45) is 0. The normalized spacial score (nSPS) is 13.3. The van der Waals surface area contributed by atoms with E-state index < -0.39 is 0 Å². The van der Waals surface area contributed by atoms with Crippen LogP contribution in [0.5, 0.6) is 0 Å². The topological polar surface area (TPSA) is 42.7 Å². The van der Waals surface area contributed by atoms with Crippen molar-refractivity contribution in [1.82, 2.24) is 20.1 Å². The highest BCUT2D eigenvalue weighted by Crippen LogP contribution is 2.22. The number of rotatable bonds is 2. The summed E-state index contributed by atoms with van der Waals surface area (Å²) in [5, 5.41) is 7.70. The van der Waals surface area contributed by atoms with Crippen LogP contribution in [0.25, 0.3) is 0 Å². The first kappa shape index (κ1) is 12.2. The molecule has 4 nitrogen and oxygen atoms in total. The number of hydrogen-bond acceptors (Lipinski definition) is 3. The molecule has 4 heteroatoms. The van der Waals surface area contributed by atoms with E-state index >= 15 is 0 Å². The predicted molar refractivity (Wildman–Crippen MR) is 61.8 cm³/mol. The van der Waals surface area contributed by atoms with Crippen molar-refractivity contribution in [3.8, 4) is 0 Å². The molecule has 1 aromatic heterocycles. The molecule has 1 rings (SSSR count). The second-order valence-electron chi connectivity index (χ2n) is 5.51. The van der Waals surface area contributed by atoms with Gasteiger partial charge < -0.3 is 5.32 Å².